The van der Waals surface area contributed by atoms with Crippen molar-refractivity contribution in [3.8, 4) is 0 Å². The predicted molar refractivity (Wildman–Crippen MR) is 103 cm³/mol. The van der Waals surface area contributed by atoms with Gasteiger partial charge in [-0.15, -0.1) is 10.2 Å². The van der Waals surface area contributed by atoms with Gasteiger partial charge in [-0.2, -0.15) is 0 Å². The van der Waals surface area contributed by atoms with E-state index in [0.29, 0.717) is 15.4 Å². The van der Waals surface area contributed by atoms with Crippen molar-refractivity contribution in [2.24, 2.45) is 0 Å². The summed E-state index contributed by atoms with van der Waals surface area (Å²) in [5.41, 5.74) is 1.15. The molecule has 28 heavy (non-hydrogen) atoms. The maximum Gasteiger partial charge on any atom is 0.316 e. The molecule has 8 nitrogen and oxygen atoms in total. The molecule has 1 aromatic carbocycles. The zero-order chi connectivity index (χ0) is 19.3. The van der Waals surface area contributed by atoms with Gasteiger partial charge in [0, 0.05) is 12.0 Å². The number of aromatic nitrogens is 3. The predicted octanol–water partition coefficient (Wildman–Crippen LogP) is 3.49. The number of benzene rings is 1. The van der Waals surface area contributed by atoms with Crippen LogP contribution in [-0.4, -0.2) is 33.0 Å². The zero-order valence-corrected chi connectivity index (χ0v) is 16.3. The number of nitrogens with zero attached hydrogens (tertiary/aromatic N) is 3. The normalized spacial score (nSPS) is 13.3. The number of carbonyl (C=O) groups excluding carboxylic acids is 2. The molecule has 0 radical (unpaired) electrons. The number of esters is 1. The highest BCUT2D eigenvalue weighted by atomic mass is 32.2. The zero-order valence-electron chi connectivity index (χ0n) is 14.7. The van der Waals surface area contributed by atoms with Crippen molar-refractivity contribution in [3.05, 3.63) is 53.4 Å². The summed E-state index contributed by atoms with van der Waals surface area (Å²) in [7, 11) is 0. The van der Waals surface area contributed by atoms with E-state index in [4.69, 9.17) is 9.26 Å². The summed E-state index contributed by atoms with van der Waals surface area (Å²) >= 11 is 2.39. The van der Waals surface area contributed by atoms with Crippen molar-refractivity contribution in [1.29, 1.82) is 0 Å². The fourth-order valence-corrected chi connectivity index (χ4v) is 3.88. The van der Waals surface area contributed by atoms with Gasteiger partial charge in [0.2, 0.25) is 5.13 Å². The number of nitrogens with one attached hydrogen (secondary N) is 1. The Morgan fingerprint density at radius 3 is 2.86 bits per heavy atom. The van der Waals surface area contributed by atoms with E-state index >= 15 is 0 Å². The maximum atomic E-state index is 12.2. The first-order chi connectivity index (χ1) is 13.7. The lowest BCUT2D eigenvalue weighted by Gasteiger charge is -2.03. The first-order valence-corrected chi connectivity index (χ1v) is 10.4. The highest BCUT2D eigenvalue weighted by Crippen LogP contribution is 2.40. The number of anilines is 1. The summed E-state index contributed by atoms with van der Waals surface area (Å²) < 4.78 is 10.9. The van der Waals surface area contributed by atoms with E-state index in [1.54, 1.807) is 6.07 Å². The molecule has 4 rings (SSSR count). The van der Waals surface area contributed by atoms with Crippen LogP contribution in [0, 0.1) is 0 Å². The number of amides is 1. The fourth-order valence-electron chi connectivity index (χ4n) is 2.34. The van der Waals surface area contributed by atoms with Crippen molar-refractivity contribution >= 4 is 40.1 Å². The molecular formula is C18H16N4O4S2. The van der Waals surface area contributed by atoms with E-state index in [9.17, 15) is 9.59 Å². The summed E-state index contributed by atoms with van der Waals surface area (Å²) in [6, 6.07) is 11.1. The second kappa shape index (κ2) is 8.53. The summed E-state index contributed by atoms with van der Waals surface area (Å²) in [4.78, 5) is 24.0. The molecule has 1 aliphatic rings. The van der Waals surface area contributed by atoms with Gasteiger partial charge in [0.05, 0.1) is 5.75 Å². The third-order valence-corrected chi connectivity index (χ3v) is 5.87. The Balaban J connectivity index is 1.23. The van der Waals surface area contributed by atoms with Crippen LogP contribution in [0.25, 0.3) is 0 Å². The second-order valence-electron chi connectivity index (χ2n) is 6.15. The summed E-state index contributed by atoms with van der Waals surface area (Å²) in [6.45, 7) is 0.234. The summed E-state index contributed by atoms with van der Waals surface area (Å²) in [6.07, 6.45) is 2.14. The Kier molecular flexibility index (Phi) is 5.68. The standard InChI is InChI=1S/C18H16N4O4S2/c23-15(25-9-11-4-2-1-3-5-11)10-27-18-21-20-17(28-18)19-16(24)13-8-14(26-22-13)12-6-7-12/h1-5,8,12H,6-7,9-10H2,(H,19,20,24). The van der Waals surface area contributed by atoms with E-state index in [0.717, 1.165) is 24.2 Å². The van der Waals surface area contributed by atoms with Crippen molar-refractivity contribution in [2.45, 2.75) is 29.7 Å². The van der Waals surface area contributed by atoms with Crippen LogP contribution in [0.3, 0.4) is 0 Å². The van der Waals surface area contributed by atoms with E-state index in [1.165, 1.54) is 23.1 Å². The minimum atomic E-state index is -0.398. The molecule has 1 saturated carbocycles. The maximum absolute atomic E-state index is 12.2. The molecule has 10 heteroatoms. The van der Waals surface area contributed by atoms with Gasteiger partial charge in [-0.1, -0.05) is 58.6 Å². The van der Waals surface area contributed by atoms with E-state index in [1.807, 2.05) is 30.3 Å². The summed E-state index contributed by atoms with van der Waals surface area (Å²) in [5, 5.41) is 14.6. The molecule has 0 atom stereocenters. The lowest BCUT2D eigenvalue weighted by atomic mass is 10.2. The Morgan fingerprint density at radius 1 is 1.25 bits per heavy atom. The van der Waals surface area contributed by atoms with Gasteiger partial charge in [0.25, 0.3) is 5.91 Å². The minimum absolute atomic E-state index is 0.115. The molecule has 1 aliphatic carbocycles. The quantitative estimate of drug-likeness (QED) is 0.338. The van der Waals surface area contributed by atoms with Crippen molar-refractivity contribution < 1.29 is 18.8 Å². The minimum Gasteiger partial charge on any atom is -0.460 e. The third-order valence-electron chi connectivity index (χ3n) is 3.92. The van der Waals surface area contributed by atoms with Gasteiger partial charge in [0.1, 0.15) is 12.4 Å². The van der Waals surface area contributed by atoms with Crippen LogP contribution in [0.1, 0.15) is 40.6 Å². The molecular weight excluding hydrogens is 400 g/mol. The molecule has 0 aliphatic heterocycles. The SMILES string of the molecule is O=C(CSc1nnc(NC(=O)c2cc(C3CC3)on2)s1)OCc1ccccc1. The Morgan fingerprint density at radius 2 is 2.07 bits per heavy atom. The van der Waals surface area contributed by atoms with Crippen LogP contribution in [0.15, 0.2) is 45.3 Å². The van der Waals surface area contributed by atoms with Gasteiger partial charge >= 0.3 is 5.97 Å². The van der Waals surface area contributed by atoms with Gasteiger partial charge in [-0.3, -0.25) is 14.9 Å². The number of carbonyl (C=O) groups is 2. The second-order valence-corrected chi connectivity index (χ2v) is 8.35. The Bertz CT molecular complexity index is 969. The monoisotopic (exact) mass is 416 g/mol. The van der Waals surface area contributed by atoms with Gasteiger partial charge in [-0.05, 0) is 18.4 Å². The lowest BCUT2D eigenvalue weighted by molar-refractivity contribution is -0.141. The Hall–Kier alpha value is -2.72. The van der Waals surface area contributed by atoms with Crippen LogP contribution in [0.4, 0.5) is 5.13 Å². The van der Waals surface area contributed by atoms with Gasteiger partial charge in [0.15, 0.2) is 10.0 Å². The average molecular weight is 416 g/mol. The number of ether oxygens (including phenoxy) is 1. The molecule has 1 amide bonds. The highest BCUT2D eigenvalue weighted by Gasteiger charge is 2.29. The van der Waals surface area contributed by atoms with Gasteiger partial charge in [-0.25, -0.2) is 0 Å². The number of rotatable bonds is 8. The topological polar surface area (TPSA) is 107 Å². The third kappa shape index (κ3) is 4.96. The smallest absolute Gasteiger partial charge is 0.316 e. The first kappa shape index (κ1) is 18.6. The van der Waals surface area contributed by atoms with E-state index in [2.05, 4.69) is 20.7 Å². The van der Waals surface area contributed by atoms with Crippen LogP contribution >= 0.6 is 23.1 Å². The molecule has 1 fully saturated rings. The van der Waals surface area contributed by atoms with Crippen LogP contribution in [0.2, 0.25) is 0 Å². The van der Waals surface area contributed by atoms with E-state index < -0.39 is 5.91 Å². The highest BCUT2D eigenvalue weighted by molar-refractivity contribution is 8.01. The number of hydrogen-bond acceptors (Lipinski definition) is 9. The molecule has 2 aromatic heterocycles. The molecule has 0 unspecified atom stereocenters. The van der Waals surface area contributed by atoms with Crippen molar-refractivity contribution in [2.75, 3.05) is 11.1 Å². The number of thioether (sulfide) groups is 1. The molecule has 144 valence electrons. The van der Waals surface area contributed by atoms with Crippen LogP contribution < -0.4 is 5.32 Å². The first-order valence-electron chi connectivity index (χ1n) is 8.61. The van der Waals surface area contributed by atoms with Crippen molar-refractivity contribution in [1.82, 2.24) is 15.4 Å². The van der Waals surface area contributed by atoms with Crippen LogP contribution in [0.5, 0.6) is 0 Å². The number of hydrogen-bond donors (Lipinski definition) is 1. The summed E-state index contributed by atoms with van der Waals surface area (Å²) in [5.74, 6) is 0.507. The van der Waals surface area contributed by atoms with E-state index in [-0.39, 0.29) is 24.0 Å². The molecule has 0 saturated heterocycles. The molecule has 0 bridgehead atoms. The molecule has 0 spiro atoms. The Labute approximate surface area is 168 Å². The van der Waals surface area contributed by atoms with Crippen LogP contribution in [-0.2, 0) is 16.1 Å². The lowest BCUT2D eigenvalue weighted by Crippen LogP contribution is -2.11. The molecule has 3 aromatic rings. The van der Waals surface area contributed by atoms with Gasteiger partial charge < -0.3 is 9.26 Å². The fraction of sp³-hybridized carbons (Fsp3) is 0.278. The average Bonchev–Trinajstić information content (AvgIpc) is 3.26. The molecule has 2 heterocycles. The molecule has 1 N–H and O–H groups in total. The largest absolute Gasteiger partial charge is 0.460 e. The van der Waals surface area contributed by atoms with Crippen molar-refractivity contribution in [3.63, 3.8) is 0 Å².